The zero-order chi connectivity index (χ0) is 36.4. The molecule has 0 bridgehead atoms. The smallest absolute Gasteiger partial charge is 0.334 e. The minimum absolute atomic E-state index is 0.163. The molecule has 16 nitrogen and oxygen atoms in total. The summed E-state index contributed by atoms with van der Waals surface area (Å²) in [6, 6.07) is -1.13. The predicted octanol–water partition coefficient (Wildman–Crippen LogP) is 2.40. The number of nitrogens with two attached hydrogens (primary N) is 1. The van der Waals surface area contributed by atoms with Gasteiger partial charge in [-0.25, -0.2) is 9.59 Å². The minimum Gasteiger partial charge on any atom is -0.494 e. The second kappa shape index (κ2) is 17.8. The number of imide groups is 2. The Morgan fingerprint density at radius 2 is 1.29 bits per heavy atom. The van der Waals surface area contributed by atoms with E-state index in [2.05, 4.69) is 0 Å². The number of nitrogens with zero attached hydrogens (tertiary/aromatic N) is 4. The molecule has 4 amide bonds. The summed E-state index contributed by atoms with van der Waals surface area (Å²) < 4.78 is 11.7. The number of urea groups is 1. The molecule has 0 spiro atoms. The van der Waals surface area contributed by atoms with Crippen LogP contribution in [0.1, 0.15) is 109 Å². The third-order valence-electron chi connectivity index (χ3n) is 9.59. The first kappa shape index (κ1) is 38.9. The maximum Gasteiger partial charge on any atom is 0.334 e. The molecular weight excluding hydrogens is 640 g/mol. The van der Waals surface area contributed by atoms with Crippen LogP contribution in [0.3, 0.4) is 0 Å². The fourth-order valence-electron chi connectivity index (χ4n) is 6.76. The first-order valence-electron chi connectivity index (χ1n) is 17.1. The van der Waals surface area contributed by atoms with E-state index in [1.807, 2.05) is 13.8 Å². The number of aromatic nitrogens is 2. The minimum atomic E-state index is -0.755. The number of hydrogen-bond acceptors (Lipinski definition) is 11. The molecule has 3 aliphatic rings. The van der Waals surface area contributed by atoms with Crippen LogP contribution in [-0.4, -0.2) is 86.5 Å². The van der Waals surface area contributed by atoms with E-state index < -0.39 is 46.9 Å². The SMILES string of the molecule is CCCCN1C(=O)CC(=O)N(C2CCC(C(=O)OC)CC2)C1=O.CCCCn1c(O)c(C(=N)N)c(=O)n(C2CCC(C(=O)OC)CC2)c1=O. The van der Waals surface area contributed by atoms with Gasteiger partial charge in [-0.3, -0.25) is 48.3 Å². The number of nitrogens with one attached hydrogen (secondary N) is 1. The van der Waals surface area contributed by atoms with Gasteiger partial charge in [0.25, 0.3) is 5.56 Å². The van der Waals surface area contributed by atoms with Gasteiger partial charge in [0.15, 0.2) is 0 Å². The van der Waals surface area contributed by atoms with Crippen molar-refractivity contribution in [1.82, 2.24) is 18.9 Å². The molecule has 1 aromatic rings. The van der Waals surface area contributed by atoms with Gasteiger partial charge >= 0.3 is 23.7 Å². The van der Waals surface area contributed by atoms with E-state index in [1.165, 1.54) is 24.0 Å². The fraction of sp³-hybridized carbons (Fsp3) is 0.697. The Bertz CT molecular complexity index is 1520. The number of unbranched alkanes of at least 4 members (excludes halogenated alkanes) is 2. The molecule has 4 rings (SSSR count). The van der Waals surface area contributed by atoms with Crippen LogP contribution in [0.15, 0.2) is 9.59 Å². The van der Waals surface area contributed by atoms with E-state index in [1.54, 1.807) is 0 Å². The van der Waals surface area contributed by atoms with Gasteiger partial charge in [0.1, 0.15) is 17.8 Å². The summed E-state index contributed by atoms with van der Waals surface area (Å²) in [5, 5.41) is 17.9. The van der Waals surface area contributed by atoms with Crippen molar-refractivity contribution >= 4 is 35.6 Å². The van der Waals surface area contributed by atoms with Crippen LogP contribution >= 0.6 is 0 Å². The molecule has 49 heavy (non-hydrogen) atoms. The number of esters is 2. The Balaban J connectivity index is 0.000000267. The normalized spacial score (nSPS) is 22.7. The molecule has 16 heteroatoms. The Kier molecular flexibility index (Phi) is 14.1. The van der Waals surface area contributed by atoms with Crippen molar-refractivity contribution in [1.29, 1.82) is 5.41 Å². The predicted molar refractivity (Wildman–Crippen MR) is 177 cm³/mol. The average Bonchev–Trinajstić information content (AvgIpc) is 3.08. The molecule has 272 valence electrons. The fourth-order valence-corrected chi connectivity index (χ4v) is 6.76. The highest BCUT2D eigenvalue weighted by Crippen LogP contribution is 2.32. The van der Waals surface area contributed by atoms with Gasteiger partial charge in [0.05, 0.1) is 26.1 Å². The molecule has 0 aromatic carbocycles. The number of nitrogen functional groups attached to an aromatic ring is 1. The molecule has 1 saturated heterocycles. The number of rotatable bonds is 11. The lowest BCUT2D eigenvalue weighted by Crippen LogP contribution is -2.59. The van der Waals surface area contributed by atoms with Crippen LogP contribution in [0, 0.1) is 17.2 Å². The number of carbonyl (C=O) groups is 5. The number of amidine groups is 1. The van der Waals surface area contributed by atoms with Gasteiger partial charge in [0.2, 0.25) is 17.7 Å². The number of ether oxygens (including phenoxy) is 2. The van der Waals surface area contributed by atoms with Crippen molar-refractivity contribution in [3.05, 3.63) is 26.4 Å². The Labute approximate surface area is 285 Å². The van der Waals surface area contributed by atoms with E-state index in [0.29, 0.717) is 64.3 Å². The van der Waals surface area contributed by atoms with Crippen molar-refractivity contribution in [2.45, 2.75) is 116 Å². The zero-order valence-corrected chi connectivity index (χ0v) is 28.9. The highest BCUT2D eigenvalue weighted by Gasteiger charge is 2.43. The average molecular weight is 691 g/mol. The van der Waals surface area contributed by atoms with Crippen LogP contribution in [0.25, 0.3) is 0 Å². The zero-order valence-electron chi connectivity index (χ0n) is 28.9. The van der Waals surface area contributed by atoms with Gasteiger partial charge in [-0.1, -0.05) is 26.7 Å². The second-order valence-corrected chi connectivity index (χ2v) is 12.8. The van der Waals surface area contributed by atoms with Gasteiger partial charge in [-0.2, -0.15) is 0 Å². The maximum atomic E-state index is 12.8. The maximum absolute atomic E-state index is 12.8. The van der Waals surface area contributed by atoms with Gasteiger partial charge in [-0.15, -0.1) is 0 Å². The molecule has 1 aliphatic heterocycles. The number of amides is 4. The Morgan fingerprint density at radius 1 is 0.796 bits per heavy atom. The third kappa shape index (κ3) is 8.95. The number of methoxy groups -OCH3 is 2. The number of barbiturate groups is 1. The van der Waals surface area contributed by atoms with Crippen molar-refractivity contribution < 1.29 is 38.6 Å². The Morgan fingerprint density at radius 3 is 1.76 bits per heavy atom. The van der Waals surface area contributed by atoms with Crippen molar-refractivity contribution in [2.24, 2.45) is 17.6 Å². The van der Waals surface area contributed by atoms with Crippen molar-refractivity contribution in [2.75, 3.05) is 20.8 Å². The first-order chi connectivity index (χ1) is 23.3. The second-order valence-electron chi connectivity index (χ2n) is 12.8. The lowest BCUT2D eigenvalue weighted by atomic mass is 9.85. The quantitative estimate of drug-likeness (QED) is 0.132. The van der Waals surface area contributed by atoms with E-state index in [4.69, 9.17) is 20.6 Å². The van der Waals surface area contributed by atoms with E-state index in [9.17, 15) is 38.7 Å². The van der Waals surface area contributed by atoms with Crippen LogP contribution < -0.4 is 17.0 Å². The highest BCUT2D eigenvalue weighted by atomic mass is 16.5. The van der Waals surface area contributed by atoms with E-state index in [0.717, 1.165) is 28.4 Å². The first-order valence-corrected chi connectivity index (χ1v) is 17.1. The monoisotopic (exact) mass is 690 g/mol. The molecule has 4 N–H and O–H groups in total. The highest BCUT2D eigenvalue weighted by molar-refractivity contribution is 6.14. The van der Waals surface area contributed by atoms with Gasteiger partial charge in [0, 0.05) is 25.2 Å². The standard InChI is InChI=1S/C17H26N4O5.C16H24N2O5/c1-3-4-9-20-14(22)12(13(18)19)15(23)21(17(20)25)11-7-5-10(6-8-11)16(24)26-2;1-3-4-9-17-13(19)10-14(20)18(16(17)22)12-7-5-11(6-8-12)15(21)23-2/h10-11,22H,3-9H2,1-2H3,(H3,18,19);11-12H,3-10H2,1-2H3. The number of carbonyl (C=O) groups excluding carboxylic acids is 5. The number of aromatic hydroxyl groups is 1. The van der Waals surface area contributed by atoms with Crippen LogP contribution in [0.2, 0.25) is 0 Å². The molecule has 3 fully saturated rings. The molecule has 0 atom stereocenters. The summed E-state index contributed by atoms with van der Waals surface area (Å²) in [5.74, 6) is -2.88. The summed E-state index contributed by atoms with van der Waals surface area (Å²) in [6.45, 7) is 4.52. The number of hydrogen-bond donors (Lipinski definition) is 3. The van der Waals surface area contributed by atoms with Crippen LogP contribution in [-0.2, 0) is 35.2 Å². The topological polar surface area (TPSA) is 224 Å². The van der Waals surface area contributed by atoms with E-state index >= 15 is 0 Å². The lowest BCUT2D eigenvalue weighted by molar-refractivity contribution is -0.148. The summed E-state index contributed by atoms with van der Waals surface area (Å²) in [4.78, 5) is 87.9. The van der Waals surface area contributed by atoms with Crippen molar-refractivity contribution in [3.63, 3.8) is 0 Å². The molecule has 2 aliphatic carbocycles. The molecule has 0 unspecified atom stereocenters. The summed E-state index contributed by atoms with van der Waals surface area (Å²) >= 11 is 0. The molecule has 2 saturated carbocycles. The van der Waals surface area contributed by atoms with Crippen molar-refractivity contribution in [3.8, 4) is 5.88 Å². The molecule has 1 aromatic heterocycles. The summed E-state index contributed by atoms with van der Waals surface area (Å²) in [7, 11) is 2.70. The van der Waals surface area contributed by atoms with Gasteiger partial charge < -0.3 is 20.3 Å². The summed E-state index contributed by atoms with van der Waals surface area (Å²) in [6.07, 6.45) is 7.08. The molecular formula is C33H50N6O10. The van der Waals surface area contributed by atoms with Gasteiger partial charge in [-0.05, 0) is 64.2 Å². The third-order valence-corrected chi connectivity index (χ3v) is 9.59. The van der Waals surface area contributed by atoms with Crippen LogP contribution in [0.5, 0.6) is 5.88 Å². The Hall–Kier alpha value is -4.50. The van der Waals surface area contributed by atoms with Crippen LogP contribution in [0.4, 0.5) is 4.79 Å². The molecule has 2 heterocycles. The van der Waals surface area contributed by atoms with E-state index in [-0.39, 0.29) is 48.3 Å². The lowest BCUT2D eigenvalue weighted by Gasteiger charge is -2.39. The summed E-state index contributed by atoms with van der Waals surface area (Å²) in [5.41, 5.74) is 3.76. The largest absolute Gasteiger partial charge is 0.494 e. The molecule has 0 radical (unpaired) electrons.